The molecule has 21 heavy (non-hydrogen) atoms. The maximum atomic E-state index is 12.4. The smallest absolute Gasteiger partial charge is 0.338 e. The standard InChI is InChI=1S/C12H14F3N5O/c13-12(14,15)11-17-10(21-19-11)7-20-5-1-2-8(6-20)9-3-4-16-18-9/h3-4,8H,1-2,5-7H2,(H,16,18)/t8-/m0/s1. The lowest BCUT2D eigenvalue weighted by Gasteiger charge is -2.30. The number of nitrogens with zero attached hydrogens (tertiary/aromatic N) is 4. The molecule has 0 aromatic carbocycles. The van der Waals surface area contributed by atoms with Crippen molar-refractivity contribution in [2.75, 3.05) is 13.1 Å². The van der Waals surface area contributed by atoms with E-state index >= 15 is 0 Å². The van der Waals surface area contributed by atoms with Gasteiger partial charge in [0.15, 0.2) is 0 Å². The fourth-order valence-electron chi connectivity index (χ4n) is 2.57. The molecule has 2 aromatic heterocycles. The van der Waals surface area contributed by atoms with Crippen molar-refractivity contribution in [1.82, 2.24) is 25.2 Å². The highest BCUT2D eigenvalue weighted by Gasteiger charge is 2.37. The van der Waals surface area contributed by atoms with Crippen LogP contribution < -0.4 is 0 Å². The number of aromatic nitrogens is 4. The van der Waals surface area contributed by atoms with Gasteiger partial charge in [0.1, 0.15) is 0 Å². The van der Waals surface area contributed by atoms with Gasteiger partial charge in [0.25, 0.3) is 5.82 Å². The zero-order valence-corrected chi connectivity index (χ0v) is 11.1. The van der Waals surface area contributed by atoms with Gasteiger partial charge in [-0.2, -0.15) is 23.3 Å². The van der Waals surface area contributed by atoms with E-state index in [2.05, 4.69) is 24.9 Å². The maximum absolute atomic E-state index is 12.4. The highest BCUT2D eigenvalue weighted by atomic mass is 19.4. The molecule has 1 fully saturated rings. The monoisotopic (exact) mass is 301 g/mol. The largest absolute Gasteiger partial charge is 0.455 e. The minimum atomic E-state index is -4.57. The SMILES string of the molecule is FC(F)(F)c1noc(CN2CCC[C@H](c3ccn[nH]3)C2)n1. The number of aromatic amines is 1. The summed E-state index contributed by atoms with van der Waals surface area (Å²) in [4.78, 5) is 5.42. The van der Waals surface area contributed by atoms with Crippen LogP contribution in [0.2, 0.25) is 0 Å². The van der Waals surface area contributed by atoms with Gasteiger partial charge in [-0.25, -0.2) is 0 Å². The first-order chi connectivity index (χ1) is 10.0. The first-order valence-electron chi connectivity index (χ1n) is 6.64. The summed E-state index contributed by atoms with van der Waals surface area (Å²) < 4.78 is 41.9. The number of hydrogen-bond acceptors (Lipinski definition) is 5. The predicted molar refractivity (Wildman–Crippen MR) is 65.1 cm³/mol. The molecule has 6 nitrogen and oxygen atoms in total. The summed E-state index contributed by atoms with van der Waals surface area (Å²) in [6.07, 6.45) is -0.885. The van der Waals surface area contributed by atoms with Crippen molar-refractivity contribution in [2.24, 2.45) is 0 Å². The zero-order chi connectivity index (χ0) is 14.9. The van der Waals surface area contributed by atoms with E-state index in [1.807, 2.05) is 11.0 Å². The first kappa shape index (κ1) is 14.1. The van der Waals surface area contributed by atoms with Crippen molar-refractivity contribution in [3.63, 3.8) is 0 Å². The normalized spacial score (nSPS) is 20.8. The molecule has 114 valence electrons. The summed E-state index contributed by atoms with van der Waals surface area (Å²) in [5, 5.41) is 9.83. The van der Waals surface area contributed by atoms with Gasteiger partial charge in [-0.05, 0) is 25.5 Å². The van der Waals surface area contributed by atoms with Crippen molar-refractivity contribution in [3.05, 3.63) is 29.7 Å². The van der Waals surface area contributed by atoms with Crippen LogP contribution in [0.3, 0.4) is 0 Å². The van der Waals surface area contributed by atoms with Gasteiger partial charge < -0.3 is 4.52 Å². The summed E-state index contributed by atoms with van der Waals surface area (Å²) in [5.74, 6) is -0.932. The summed E-state index contributed by atoms with van der Waals surface area (Å²) in [6.45, 7) is 1.76. The van der Waals surface area contributed by atoms with Crippen LogP contribution in [0.4, 0.5) is 13.2 Å². The Bertz CT molecular complexity index is 580. The highest BCUT2D eigenvalue weighted by Crippen LogP contribution is 2.28. The number of alkyl halides is 3. The molecule has 2 aromatic rings. The third-order valence-electron chi connectivity index (χ3n) is 3.55. The van der Waals surface area contributed by atoms with Crippen LogP contribution in [0.25, 0.3) is 0 Å². The van der Waals surface area contributed by atoms with Gasteiger partial charge in [0, 0.05) is 24.4 Å². The molecule has 0 amide bonds. The molecule has 3 heterocycles. The third-order valence-corrected chi connectivity index (χ3v) is 3.55. The molecular formula is C12H14F3N5O. The topological polar surface area (TPSA) is 70.8 Å². The molecule has 0 saturated carbocycles. The number of rotatable bonds is 3. The van der Waals surface area contributed by atoms with Gasteiger partial charge >= 0.3 is 6.18 Å². The van der Waals surface area contributed by atoms with E-state index in [9.17, 15) is 13.2 Å². The number of H-pyrrole nitrogens is 1. The molecule has 1 saturated heterocycles. The van der Waals surface area contributed by atoms with Crippen LogP contribution in [-0.4, -0.2) is 38.3 Å². The quantitative estimate of drug-likeness (QED) is 0.941. The molecule has 9 heteroatoms. The third kappa shape index (κ3) is 3.23. The number of likely N-dealkylation sites (tertiary alicyclic amines) is 1. The highest BCUT2D eigenvalue weighted by molar-refractivity contribution is 5.07. The van der Waals surface area contributed by atoms with Gasteiger partial charge in [-0.1, -0.05) is 5.16 Å². The molecule has 1 aliphatic rings. The van der Waals surface area contributed by atoms with Crippen molar-refractivity contribution in [2.45, 2.75) is 31.5 Å². The minimum Gasteiger partial charge on any atom is -0.338 e. The molecule has 3 rings (SSSR count). The fraction of sp³-hybridized carbons (Fsp3) is 0.583. The van der Waals surface area contributed by atoms with E-state index in [0.29, 0.717) is 5.92 Å². The molecule has 0 unspecified atom stereocenters. The molecule has 0 spiro atoms. The Balaban J connectivity index is 1.63. The second-order valence-corrected chi connectivity index (χ2v) is 5.10. The Labute approximate surface area is 118 Å². The predicted octanol–water partition coefficient (Wildman–Crippen LogP) is 2.19. The summed E-state index contributed by atoms with van der Waals surface area (Å²) >= 11 is 0. The van der Waals surface area contributed by atoms with E-state index in [1.165, 1.54) is 0 Å². The fourth-order valence-corrected chi connectivity index (χ4v) is 2.57. The van der Waals surface area contributed by atoms with Crippen molar-refractivity contribution in [1.29, 1.82) is 0 Å². The lowest BCUT2D eigenvalue weighted by atomic mass is 9.95. The van der Waals surface area contributed by atoms with Gasteiger partial charge in [-0.3, -0.25) is 10.00 Å². The van der Waals surface area contributed by atoms with Crippen LogP contribution >= 0.6 is 0 Å². The average Bonchev–Trinajstić information content (AvgIpc) is 3.09. The van der Waals surface area contributed by atoms with E-state index in [0.717, 1.165) is 31.6 Å². The number of hydrogen-bond donors (Lipinski definition) is 1. The number of piperidine rings is 1. The van der Waals surface area contributed by atoms with E-state index in [4.69, 9.17) is 0 Å². The Morgan fingerprint density at radius 3 is 2.95 bits per heavy atom. The van der Waals surface area contributed by atoms with Crippen LogP contribution in [-0.2, 0) is 12.7 Å². The molecule has 0 aliphatic carbocycles. The van der Waals surface area contributed by atoms with Crippen molar-refractivity contribution in [3.8, 4) is 0 Å². The van der Waals surface area contributed by atoms with Gasteiger partial charge in [0.05, 0.1) is 6.54 Å². The lowest BCUT2D eigenvalue weighted by Crippen LogP contribution is -2.34. The molecular weight excluding hydrogens is 287 g/mol. The molecule has 1 aliphatic heterocycles. The summed E-state index contributed by atoms with van der Waals surface area (Å²) in [6, 6.07) is 1.92. The second kappa shape index (κ2) is 5.47. The minimum absolute atomic E-state index is 0.00687. The molecule has 1 atom stereocenters. The van der Waals surface area contributed by atoms with Gasteiger partial charge in [-0.15, -0.1) is 0 Å². The van der Waals surface area contributed by atoms with Crippen LogP contribution in [0.1, 0.15) is 36.2 Å². The Hall–Kier alpha value is -1.90. The second-order valence-electron chi connectivity index (χ2n) is 5.10. The van der Waals surface area contributed by atoms with Crippen LogP contribution in [0.15, 0.2) is 16.8 Å². The maximum Gasteiger partial charge on any atom is 0.455 e. The Morgan fingerprint density at radius 2 is 2.29 bits per heavy atom. The molecule has 0 radical (unpaired) electrons. The lowest BCUT2D eigenvalue weighted by molar-refractivity contribution is -0.146. The van der Waals surface area contributed by atoms with E-state index in [-0.39, 0.29) is 12.4 Å². The van der Waals surface area contributed by atoms with Gasteiger partial charge in [0.2, 0.25) is 5.89 Å². The Morgan fingerprint density at radius 1 is 1.43 bits per heavy atom. The van der Waals surface area contributed by atoms with E-state index < -0.39 is 12.0 Å². The molecule has 1 N–H and O–H groups in total. The number of halogens is 3. The first-order valence-corrected chi connectivity index (χ1v) is 6.64. The number of nitrogens with one attached hydrogen (secondary N) is 1. The van der Waals surface area contributed by atoms with Crippen LogP contribution in [0, 0.1) is 0 Å². The van der Waals surface area contributed by atoms with E-state index in [1.54, 1.807) is 6.20 Å². The zero-order valence-electron chi connectivity index (χ0n) is 11.1. The summed E-state index contributed by atoms with van der Waals surface area (Å²) in [7, 11) is 0. The van der Waals surface area contributed by atoms with Crippen LogP contribution in [0.5, 0.6) is 0 Å². The van der Waals surface area contributed by atoms with Crippen molar-refractivity contribution >= 4 is 0 Å². The Kier molecular flexibility index (Phi) is 3.66. The average molecular weight is 301 g/mol. The van der Waals surface area contributed by atoms with Crippen molar-refractivity contribution < 1.29 is 17.7 Å². The molecule has 0 bridgehead atoms. The summed E-state index contributed by atoms with van der Waals surface area (Å²) in [5.41, 5.74) is 1.04.